The summed E-state index contributed by atoms with van der Waals surface area (Å²) in [6.07, 6.45) is 4.69. The Morgan fingerprint density at radius 2 is 1.91 bits per heavy atom. The molecule has 0 radical (unpaired) electrons. The van der Waals surface area contributed by atoms with Gasteiger partial charge in [-0.1, -0.05) is 6.07 Å². The lowest BCUT2D eigenvalue weighted by Gasteiger charge is -2.04. The molecule has 2 rings (SSSR count). The van der Waals surface area contributed by atoms with Crippen LogP contribution < -0.4 is 10.7 Å². The monoisotopic (exact) mass is 297 g/mol. The number of amides is 2. The van der Waals surface area contributed by atoms with Crippen molar-refractivity contribution in [1.82, 2.24) is 15.4 Å². The average Bonchev–Trinajstić information content (AvgIpc) is 2.54. The minimum atomic E-state index is -0.355. The summed E-state index contributed by atoms with van der Waals surface area (Å²) >= 11 is 0. The van der Waals surface area contributed by atoms with Crippen molar-refractivity contribution in [3.8, 4) is 0 Å². The molecule has 22 heavy (non-hydrogen) atoms. The normalized spacial score (nSPS) is 10.9. The number of hydrazone groups is 1. The van der Waals surface area contributed by atoms with Crippen molar-refractivity contribution < 1.29 is 9.59 Å². The van der Waals surface area contributed by atoms with Crippen molar-refractivity contribution in [2.45, 2.75) is 13.3 Å². The van der Waals surface area contributed by atoms with E-state index in [1.165, 1.54) is 12.4 Å². The largest absolute Gasteiger partial charge is 0.310 e. The van der Waals surface area contributed by atoms with Gasteiger partial charge < -0.3 is 5.32 Å². The van der Waals surface area contributed by atoms with Gasteiger partial charge in [-0.2, -0.15) is 5.10 Å². The van der Waals surface area contributed by atoms with Crippen molar-refractivity contribution in [2.75, 3.05) is 5.32 Å². The Morgan fingerprint density at radius 3 is 2.59 bits per heavy atom. The number of carbonyl (C=O) groups excluding carboxylic acids is 2. The van der Waals surface area contributed by atoms with E-state index in [0.717, 1.165) is 0 Å². The highest BCUT2D eigenvalue weighted by atomic mass is 16.2. The predicted molar refractivity (Wildman–Crippen MR) is 82.3 cm³/mol. The number of rotatable bonds is 5. The number of aromatic nitrogens is 2. The minimum absolute atomic E-state index is 0.0627. The molecular formula is C15H15N5O2. The van der Waals surface area contributed by atoms with Crippen molar-refractivity contribution >= 4 is 23.3 Å². The SMILES string of the molecule is C/C(CC(=O)Nc1ccccn1)=N/NC(=O)c1ccncc1. The third-order valence-electron chi connectivity index (χ3n) is 2.64. The van der Waals surface area contributed by atoms with Crippen LogP contribution in [0, 0.1) is 0 Å². The fourth-order valence-electron chi connectivity index (χ4n) is 1.61. The first-order chi connectivity index (χ1) is 10.6. The average molecular weight is 297 g/mol. The van der Waals surface area contributed by atoms with E-state index in [4.69, 9.17) is 0 Å². The van der Waals surface area contributed by atoms with Crippen LogP contribution in [0.3, 0.4) is 0 Å². The van der Waals surface area contributed by atoms with E-state index in [1.54, 1.807) is 43.5 Å². The first-order valence-electron chi connectivity index (χ1n) is 6.59. The molecule has 112 valence electrons. The van der Waals surface area contributed by atoms with Gasteiger partial charge in [-0.05, 0) is 31.2 Å². The minimum Gasteiger partial charge on any atom is -0.310 e. The third kappa shape index (κ3) is 4.78. The Morgan fingerprint density at radius 1 is 1.14 bits per heavy atom. The Balaban J connectivity index is 1.85. The summed E-state index contributed by atoms with van der Waals surface area (Å²) in [5.41, 5.74) is 3.32. The Bertz CT molecular complexity index is 671. The summed E-state index contributed by atoms with van der Waals surface area (Å²) in [6, 6.07) is 8.38. The Hall–Kier alpha value is -3.09. The van der Waals surface area contributed by atoms with Crippen LogP contribution in [-0.4, -0.2) is 27.5 Å². The zero-order chi connectivity index (χ0) is 15.8. The first-order valence-corrected chi connectivity index (χ1v) is 6.59. The van der Waals surface area contributed by atoms with Crippen molar-refractivity contribution in [3.05, 3.63) is 54.5 Å². The van der Waals surface area contributed by atoms with Gasteiger partial charge in [0, 0.05) is 29.9 Å². The van der Waals surface area contributed by atoms with Crippen LogP contribution >= 0.6 is 0 Å². The first kappa shape index (κ1) is 15.3. The molecular weight excluding hydrogens is 282 g/mol. The molecule has 0 aromatic carbocycles. The van der Waals surface area contributed by atoms with Gasteiger partial charge in [0.15, 0.2) is 0 Å². The molecule has 2 heterocycles. The van der Waals surface area contributed by atoms with Gasteiger partial charge in [0.1, 0.15) is 5.82 Å². The lowest BCUT2D eigenvalue weighted by Crippen LogP contribution is -2.21. The van der Waals surface area contributed by atoms with Crippen LogP contribution in [0.25, 0.3) is 0 Å². The topological polar surface area (TPSA) is 96.3 Å². The molecule has 2 aromatic heterocycles. The molecule has 0 aliphatic carbocycles. The van der Waals surface area contributed by atoms with E-state index in [9.17, 15) is 9.59 Å². The number of carbonyl (C=O) groups is 2. The van der Waals surface area contributed by atoms with E-state index >= 15 is 0 Å². The second kappa shape index (κ2) is 7.63. The Kier molecular flexibility index (Phi) is 5.31. The highest BCUT2D eigenvalue weighted by molar-refractivity contribution is 6.05. The molecule has 0 saturated carbocycles. The molecule has 2 aromatic rings. The number of hydrogen-bond donors (Lipinski definition) is 2. The summed E-state index contributed by atoms with van der Waals surface area (Å²) in [5.74, 6) is -0.133. The maximum absolute atomic E-state index is 11.8. The predicted octanol–water partition coefficient (Wildman–Crippen LogP) is 1.61. The number of anilines is 1. The Labute approximate surface area is 127 Å². The van der Waals surface area contributed by atoms with Gasteiger partial charge in [-0.15, -0.1) is 0 Å². The van der Waals surface area contributed by atoms with E-state index in [0.29, 0.717) is 17.1 Å². The maximum Gasteiger partial charge on any atom is 0.271 e. The van der Waals surface area contributed by atoms with Crippen molar-refractivity contribution in [2.24, 2.45) is 5.10 Å². The zero-order valence-electron chi connectivity index (χ0n) is 12.0. The summed E-state index contributed by atoms with van der Waals surface area (Å²) in [5, 5.41) is 6.54. The van der Waals surface area contributed by atoms with Gasteiger partial charge in [0.2, 0.25) is 5.91 Å². The number of pyridine rings is 2. The van der Waals surface area contributed by atoms with E-state index < -0.39 is 0 Å². The fourth-order valence-corrected chi connectivity index (χ4v) is 1.61. The maximum atomic E-state index is 11.8. The molecule has 0 aliphatic heterocycles. The van der Waals surface area contributed by atoms with Crippen molar-refractivity contribution in [3.63, 3.8) is 0 Å². The van der Waals surface area contributed by atoms with Gasteiger partial charge in [-0.3, -0.25) is 14.6 Å². The van der Waals surface area contributed by atoms with Crippen LogP contribution in [-0.2, 0) is 4.79 Å². The fraction of sp³-hybridized carbons (Fsp3) is 0.133. The summed E-state index contributed by atoms with van der Waals surface area (Å²) in [6.45, 7) is 1.66. The van der Waals surface area contributed by atoms with Crippen molar-refractivity contribution in [1.29, 1.82) is 0 Å². The molecule has 7 heteroatoms. The smallest absolute Gasteiger partial charge is 0.271 e. The molecule has 0 saturated heterocycles. The quantitative estimate of drug-likeness (QED) is 0.647. The van der Waals surface area contributed by atoms with Crippen LogP contribution in [0.2, 0.25) is 0 Å². The van der Waals surface area contributed by atoms with E-state index in [1.807, 2.05) is 0 Å². The van der Waals surface area contributed by atoms with Crippen LogP contribution in [0.4, 0.5) is 5.82 Å². The molecule has 0 aliphatic rings. The highest BCUT2D eigenvalue weighted by Gasteiger charge is 2.07. The lowest BCUT2D eigenvalue weighted by atomic mass is 10.2. The molecule has 2 N–H and O–H groups in total. The van der Waals surface area contributed by atoms with Crippen LogP contribution in [0.5, 0.6) is 0 Å². The molecule has 2 amide bonds. The molecule has 0 bridgehead atoms. The van der Waals surface area contributed by atoms with Gasteiger partial charge >= 0.3 is 0 Å². The summed E-state index contributed by atoms with van der Waals surface area (Å²) < 4.78 is 0. The van der Waals surface area contributed by atoms with Gasteiger partial charge in [0.25, 0.3) is 5.91 Å². The van der Waals surface area contributed by atoms with Gasteiger partial charge in [0.05, 0.1) is 6.42 Å². The molecule has 0 spiro atoms. The van der Waals surface area contributed by atoms with E-state index in [2.05, 4.69) is 25.8 Å². The number of nitrogens with zero attached hydrogens (tertiary/aromatic N) is 3. The zero-order valence-corrected chi connectivity index (χ0v) is 12.0. The number of hydrogen-bond acceptors (Lipinski definition) is 5. The number of nitrogens with one attached hydrogen (secondary N) is 2. The van der Waals surface area contributed by atoms with Crippen LogP contribution in [0.15, 0.2) is 54.0 Å². The third-order valence-corrected chi connectivity index (χ3v) is 2.64. The second-order valence-electron chi connectivity index (χ2n) is 4.46. The van der Waals surface area contributed by atoms with Crippen LogP contribution in [0.1, 0.15) is 23.7 Å². The second-order valence-corrected chi connectivity index (χ2v) is 4.46. The molecule has 0 atom stereocenters. The van der Waals surface area contributed by atoms with E-state index in [-0.39, 0.29) is 18.2 Å². The molecule has 0 unspecified atom stereocenters. The summed E-state index contributed by atoms with van der Waals surface area (Å²) in [4.78, 5) is 31.4. The molecule has 0 fully saturated rings. The summed E-state index contributed by atoms with van der Waals surface area (Å²) in [7, 11) is 0. The molecule has 7 nitrogen and oxygen atoms in total. The van der Waals surface area contributed by atoms with Gasteiger partial charge in [-0.25, -0.2) is 10.4 Å². The standard InChI is InChI=1S/C15H15N5O2/c1-11(10-14(21)18-13-4-2-3-7-17-13)19-20-15(22)12-5-8-16-9-6-12/h2-9H,10H2,1H3,(H,20,22)(H,17,18,21)/b19-11-. The lowest BCUT2D eigenvalue weighted by molar-refractivity contribution is -0.115. The highest BCUT2D eigenvalue weighted by Crippen LogP contribution is 2.01.